The Morgan fingerprint density at radius 2 is 1.79 bits per heavy atom. The van der Waals surface area contributed by atoms with E-state index in [1.807, 2.05) is 35.9 Å². The number of hydrogen-bond acceptors (Lipinski definition) is 3. The van der Waals surface area contributed by atoms with Crippen LogP contribution in [-0.2, 0) is 18.3 Å². The number of fused-ring (bicyclic) bond motifs is 1. The molecular formula is C17H15ClN4O2. The SMILES string of the molecule is Cn1c(CC(=O)NNC(=O)c2ccc(Cl)cc2)nc2ccccc21. The summed E-state index contributed by atoms with van der Waals surface area (Å²) in [4.78, 5) is 28.4. The average Bonchev–Trinajstić information content (AvgIpc) is 2.89. The Bertz CT molecular complexity index is 903. The van der Waals surface area contributed by atoms with E-state index in [2.05, 4.69) is 15.8 Å². The molecule has 0 aliphatic carbocycles. The van der Waals surface area contributed by atoms with E-state index in [1.165, 1.54) is 0 Å². The molecule has 3 aromatic rings. The Kier molecular flexibility index (Phi) is 4.48. The van der Waals surface area contributed by atoms with Crippen molar-refractivity contribution in [3.63, 3.8) is 0 Å². The standard InChI is InChI=1S/C17H15ClN4O2/c1-22-14-5-3-2-4-13(14)19-15(22)10-16(23)20-21-17(24)11-6-8-12(18)9-7-11/h2-9H,10H2,1H3,(H,20,23)(H,21,24). The van der Waals surface area contributed by atoms with Gasteiger partial charge in [-0.3, -0.25) is 20.4 Å². The Hall–Kier alpha value is -2.86. The highest BCUT2D eigenvalue weighted by molar-refractivity contribution is 6.30. The number of amides is 2. The van der Waals surface area contributed by atoms with Crippen LogP contribution in [0.5, 0.6) is 0 Å². The third-order valence-corrected chi connectivity index (χ3v) is 3.87. The number of para-hydroxylation sites is 2. The molecule has 2 amide bonds. The van der Waals surface area contributed by atoms with E-state index >= 15 is 0 Å². The maximum Gasteiger partial charge on any atom is 0.269 e. The molecule has 0 saturated heterocycles. The van der Waals surface area contributed by atoms with E-state index in [1.54, 1.807) is 24.3 Å². The maximum absolute atomic E-state index is 12.0. The van der Waals surface area contributed by atoms with E-state index in [9.17, 15) is 9.59 Å². The van der Waals surface area contributed by atoms with Gasteiger partial charge < -0.3 is 4.57 Å². The lowest BCUT2D eigenvalue weighted by Gasteiger charge is -2.07. The first-order valence-electron chi connectivity index (χ1n) is 7.29. The molecule has 0 bridgehead atoms. The Morgan fingerprint density at radius 3 is 2.50 bits per heavy atom. The van der Waals surface area contributed by atoms with Gasteiger partial charge in [0, 0.05) is 17.6 Å². The molecule has 2 N–H and O–H groups in total. The van der Waals surface area contributed by atoms with Crippen LogP contribution in [0.3, 0.4) is 0 Å². The first kappa shape index (κ1) is 16.0. The van der Waals surface area contributed by atoms with Gasteiger partial charge in [-0.25, -0.2) is 4.98 Å². The molecule has 7 heteroatoms. The molecule has 6 nitrogen and oxygen atoms in total. The lowest BCUT2D eigenvalue weighted by Crippen LogP contribution is -2.42. The van der Waals surface area contributed by atoms with Crippen molar-refractivity contribution in [2.45, 2.75) is 6.42 Å². The molecule has 0 saturated carbocycles. The zero-order chi connectivity index (χ0) is 17.1. The molecule has 2 aromatic carbocycles. The minimum atomic E-state index is -0.412. The van der Waals surface area contributed by atoms with Crippen molar-refractivity contribution in [2.75, 3.05) is 0 Å². The van der Waals surface area contributed by atoms with Crippen molar-refractivity contribution in [1.82, 2.24) is 20.4 Å². The van der Waals surface area contributed by atoms with E-state index in [0.29, 0.717) is 16.4 Å². The summed E-state index contributed by atoms with van der Waals surface area (Å²) in [5.74, 6) is -0.143. The molecule has 0 aliphatic heterocycles. The second-order valence-electron chi connectivity index (χ2n) is 5.26. The number of carbonyl (C=O) groups is 2. The molecule has 1 heterocycles. The third kappa shape index (κ3) is 3.38. The molecule has 0 aliphatic rings. The lowest BCUT2D eigenvalue weighted by molar-refractivity contribution is -0.121. The van der Waals surface area contributed by atoms with Gasteiger partial charge in [-0.15, -0.1) is 0 Å². The number of aryl methyl sites for hydroxylation is 1. The number of aromatic nitrogens is 2. The van der Waals surface area contributed by atoms with E-state index in [0.717, 1.165) is 11.0 Å². The molecule has 24 heavy (non-hydrogen) atoms. The summed E-state index contributed by atoms with van der Waals surface area (Å²) in [5, 5.41) is 0.539. The number of nitrogens with zero attached hydrogens (tertiary/aromatic N) is 2. The summed E-state index contributed by atoms with van der Waals surface area (Å²) < 4.78 is 1.86. The highest BCUT2D eigenvalue weighted by Crippen LogP contribution is 2.14. The van der Waals surface area contributed by atoms with Crippen LogP contribution in [0.1, 0.15) is 16.2 Å². The Labute approximate surface area is 143 Å². The van der Waals surface area contributed by atoms with Gasteiger partial charge in [-0.05, 0) is 36.4 Å². The molecular weight excluding hydrogens is 328 g/mol. The topological polar surface area (TPSA) is 76.0 Å². The first-order chi connectivity index (χ1) is 11.5. The average molecular weight is 343 g/mol. The zero-order valence-corrected chi connectivity index (χ0v) is 13.7. The van der Waals surface area contributed by atoms with Crippen LogP contribution in [0.25, 0.3) is 11.0 Å². The monoisotopic (exact) mass is 342 g/mol. The summed E-state index contributed by atoms with van der Waals surface area (Å²) >= 11 is 5.77. The van der Waals surface area contributed by atoms with Crippen molar-refractivity contribution in [3.8, 4) is 0 Å². The number of imidazole rings is 1. The number of nitrogens with one attached hydrogen (secondary N) is 2. The number of hydrazine groups is 1. The predicted octanol–water partition coefficient (Wildman–Crippen LogP) is 2.23. The smallest absolute Gasteiger partial charge is 0.269 e. The molecule has 3 rings (SSSR count). The van der Waals surface area contributed by atoms with Crippen LogP contribution in [0.15, 0.2) is 48.5 Å². The molecule has 122 valence electrons. The van der Waals surface area contributed by atoms with Gasteiger partial charge in [0.1, 0.15) is 5.82 Å². The minimum Gasteiger partial charge on any atom is -0.331 e. The van der Waals surface area contributed by atoms with Gasteiger partial charge in [0.05, 0.1) is 17.5 Å². The molecule has 0 fully saturated rings. The van der Waals surface area contributed by atoms with Crippen LogP contribution in [0, 0.1) is 0 Å². The number of halogens is 1. The summed E-state index contributed by atoms with van der Waals surface area (Å²) in [6.07, 6.45) is 0.0616. The van der Waals surface area contributed by atoms with Crippen LogP contribution in [0.4, 0.5) is 0 Å². The first-order valence-corrected chi connectivity index (χ1v) is 7.67. The van der Waals surface area contributed by atoms with E-state index in [4.69, 9.17) is 11.6 Å². The molecule has 0 atom stereocenters. The van der Waals surface area contributed by atoms with E-state index < -0.39 is 5.91 Å². The fourth-order valence-electron chi connectivity index (χ4n) is 2.34. The molecule has 0 radical (unpaired) electrons. The summed E-state index contributed by atoms with van der Waals surface area (Å²) in [7, 11) is 1.85. The number of hydrogen-bond donors (Lipinski definition) is 2. The van der Waals surface area contributed by atoms with Gasteiger partial charge in [-0.2, -0.15) is 0 Å². The van der Waals surface area contributed by atoms with Crippen molar-refractivity contribution in [3.05, 3.63) is 64.9 Å². The Morgan fingerprint density at radius 1 is 1.08 bits per heavy atom. The summed E-state index contributed by atoms with van der Waals surface area (Å²) in [6, 6.07) is 14.0. The number of carbonyl (C=O) groups excluding carboxylic acids is 2. The maximum atomic E-state index is 12.0. The van der Waals surface area contributed by atoms with Crippen molar-refractivity contribution in [2.24, 2.45) is 7.05 Å². The quantitative estimate of drug-likeness (QED) is 0.717. The molecule has 0 spiro atoms. The van der Waals surface area contributed by atoms with Crippen molar-refractivity contribution in [1.29, 1.82) is 0 Å². The van der Waals surface area contributed by atoms with Gasteiger partial charge in [0.15, 0.2) is 0 Å². The van der Waals surface area contributed by atoms with Crippen LogP contribution in [0.2, 0.25) is 5.02 Å². The highest BCUT2D eigenvalue weighted by Gasteiger charge is 2.12. The van der Waals surface area contributed by atoms with E-state index in [-0.39, 0.29) is 12.3 Å². The minimum absolute atomic E-state index is 0.0616. The van der Waals surface area contributed by atoms with Gasteiger partial charge in [0.2, 0.25) is 5.91 Å². The van der Waals surface area contributed by atoms with Crippen molar-refractivity contribution >= 4 is 34.4 Å². The zero-order valence-electron chi connectivity index (χ0n) is 12.9. The van der Waals surface area contributed by atoms with Gasteiger partial charge in [-0.1, -0.05) is 23.7 Å². The summed E-state index contributed by atoms with van der Waals surface area (Å²) in [5.41, 5.74) is 6.95. The van der Waals surface area contributed by atoms with Crippen LogP contribution < -0.4 is 10.9 Å². The highest BCUT2D eigenvalue weighted by atomic mass is 35.5. The second kappa shape index (κ2) is 6.72. The largest absolute Gasteiger partial charge is 0.331 e. The second-order valence-corrected chi connectivity index (χ2v) is 5.70. The predicted molar refractivity (Wildman–Crippen MR) is 91.5 cm³/mol. The molecule has 1 aromatic heterocycles. The van der Waals surface area contributed by atoms with Crippen LogP contribution in [-0.4, -0.2) is 21.4 Å². The Balaban J connectivity index is 1.62. The van der Waals surface area contributed by atoms with Crippen molar-refractivity contribution < 1.29 is 9.59 Å². The fraction of sp³-hybridized carbons (Fsp3) is 0.118. The van der Waals surface area contributed by atoms with Crippen LogP contribution >= 0.6 is 11.6 Å². The fourth-order valence-corrected chi connectivity index (χ4v) is 2.47. The van der Waals surface area contributed by atoms with Gasteiger partial charge in [0.25, 0.3) is 5.91 Å². The lowest BCUT2D eigenvalue weighted by atomic mass is 10.2. The number of rotatable bonds is 3. The normalized spacial score (nSPS) is 10.6. The van der Waals surface area contributed by atoms with Gasteiger partial charge >= 0.3 is 0 Å². The molecule has 0 unspecified atom stereocenters. The summed E-state index contributed by atoms with van der Waals surface area (Å²) in [6.45, 7) is 0. The third-order valence-electron chi connectivity index (χ3n) is 3.62. The number of benzene rings is 2.